The number of carbonyl (C=O) groups excluding carboxylic acids is 1. The third kappa shape index (κ3) is 3.09. The Hall–Kier alpha value is -2.70. The predicted molar refractivity (Wildman–Crippen MR) is 109 cm³/mol. The number of aromatic hydroxyl groups is 1. The van der Waals surface area contributed by atoms with Gasteiger partial charge in [-0.2, -0.15) is 0 Å². The van der Waals surface area contributed by atoms with Gasteiger partial charge in [0, 0.05) is 14.9 Å². The van der Waals surface area contributed by atoms with E-state index in [4.69, 9.17) is 0 Å². The molecule has 26 heavy (non-hydrogen) atoms. The molecule has 0 spiro atoms. The van der Waals surface area contributed by atoms with E-state index in [-0.39, 0.29) is 11.7 Å². The Kier molecular flexibility index (Phi) is 4.44. The van der Waals surface area contributed by atoms with Gasteiger partial charge < -0.3 is 5.11 Å². The Morgan fingerprint density at radius 3 is 2.50 bits per heavy atom. The molecule has 1 aliphatic heterocycles. The van der Waals surface area contributed by atoms with E-state index >= 15 is 0 Å². The molecule has 1 N–H and O–H groups in total. The largest absolute Gasteiger partial charge is 0.508 e. The number of halogens is 1. The first-order chi connectivity index (χ1) is 12.6. The molecule has 0 aliphatic carbocycles. The fourth-order valence-electron chi connectivity index (χ4n) is 2.69. The number of amidine groups is 1. The first kappa shape index (κ1) is 16.8. The molecule has 2 heterocycles. The summed E-state index contributed by atoms with van der Waals surface area (Å²) in [5, 5.41) is 11.5. The van der Waals surface area contributed by atoms with Gasteiger partial charge >= 0.3 is 0 Å². The fraction of sp³-hybridized carbons (Fsp3) is 0. The molecule has 1 aromatic heterocycles. The van der Waals surface area contributed by atoms with Crippen molar-refractivity contribution in [3.8, 4) is 5.75 Å². The maximum absolute atomic E-state index is 13.1. The molecule has 0 fully saturated rings. The zero-order valence-electron chi connectivity index (χ0n) is 13.5. The van der Waals surface area contributed by atoms with Gasteiger partial charge in [0.05, 0.1) is 5.69 Å². The lowest BCUT2D eigenvalue weighted by Gasteiger charge is -2.19. The summed E-state index contributed by atoms with van der Waals surface area (Å²) in [6.45, 7) is 0. The van der Waals surface area contributed by atoms with Crippen molar-refractivity contribution in [2.75, 3.05) is 4.90 Å². The average molecular weight is 425 g/mol. The third-order valence-electron chi connectivity index (χ3n) is 3.91. The SMILES string of the molecule is O=C1/C(=C\c2cccs2)N=C(c2ccccc2Br)N1c1ccc(O)cc1. The van der Waals surface area contributed by atoms with Gasteiger partial charge in [-0.05, 0) is 47.9 Å². The number of amides is 1. The number of aliphatic imine (C=N–C) groups is 1. The van der Waals surface area contributed by atoms with Crippen molar-refractivity contribution in [3.63, 3.8) is 0 Å². The second-order valence-electron chi connectivity index (χ2n) is 5.62. The highest BCUT2D eigenvalue weighted by molar-refractivity contribution is 9.10. The highest BCUT2D eigenvalue weighted by Crippen LogP contribution is 2.31. The summed E-state index contributed by atoms with van der Waals surface area (Å²) < 4.78 is 0.854. The van der Waals surface area contributed by atoms with Gasteiger partial charge in [0.25, 0.3) is 5.91 Å². The molecular formula is C20H13BrN2O2S. The Bertz CT molecular complexity index is 1020. The first-order valence-corrected chi connectivity index (χ1v) is 9.53. The molecule has 0 unspecified atom stereocenters. The molecule has 6 heteroatoms. The minimum Gasteiger partial charge on any atom is -0.508 e. The zero-order chi connectivity index (χ0) is 18.1. The maximum Gasteiger partial charge on any atom is 0.282 e. The molecule has 0 atom stereocenters. The molecule has 0 saturated heterocycles. The standard InChI is InChI=1S/C20H13BrN2O2S/c21-17-6-2-1-5-16(17)19-22-18(12-15-4-3-11-26-15)20(25)23(19)13-7-9-14(24)10-8-13/h1-12,24H/b18-12+. The smallest absolute Gasteiger partial charge is 0.282 e. The molecule has 3 aromatic rings. The van der Waals surface area contributed by atoms with Crippen LogP contribution in [0.5, 0.6) is 5.75 Å². The van der Waals surface area contributed by atoms with Crippen molar-refractivity contribution in [3.05, 3.63) is 86.7 Å². The van der Waals surface area contributed by atoms with Crippen LogP contribution >= 0.6 is 27.3 Å². The quantitative estimate of drug-likeness (QED) is 0.597. The lowest BCUT2D eigenvalue weighted by Crippen LogP contribution is -2.32. The normalized spacial score (nSPS) is 15.6. The minimum atomic E-state index is -0.199. The van der Waals surface area contributed by atoms with Crippen LogP contribution in [0.2, 0.25) is 0 Å². The summed E-state index contributed by atoms with van der Waals surface area (Å²) in [4.78, 5) is 20.2. The Morgan fingerprint density at radius 2 is 1.81 bits per heavy atom. The minimum absolute atomic E-state index is 0.147. The van der Waals surface area contributed by atoms with Crippen molar-refractivity contribution >= 4 is 50.8 Å². The van der Waals surface area contributed by atoms with Crippen LogP contribution in [0.15, 0.2) is 81.2 Å². The lowest BCUT2D eigenvalue weighted by atomic mass is 10.1. The highest BCUT2D eigenvalue weighted by atomic mass is 79.9. The first-order valence-electron chi connectivity index (χ1n) is 7.86. The second-order valence-corrected chi connectivity index (χ2v) is 7.45. The van der Waals surface area contributed by atoms with Crippen LogP contribution in [-0.4, -0.2) is 16.8 Å². The number of anilines is 1. The fourth-order valence-corrected chi connectivity index (χ4v) is 3.80. The molecule has 128 valence electrons. The summed E-state index contributed by atoms with van der Waals surface area (Å²) in [5.41, 5.74) is 1.85. The van der Waals surface area contributed by atoms with Gasteiger partial charge in [0.15, 0.2) is 0 Å². The van der Waals surface area contributed by atoms with Crippen LogP contribution in [0.3, 0.4) is 0 Å². The van der Waals surface area contributed by atoms with Gasteiger partial charge in [-0.15, -0.1) is 11.3 Å². The summed E-state index contributed by atoms with van der Waals surface area (Å²) >= 11 is 5.09. The van der Waals surface area contributed by atoms with Crippen LogP contribution in [0.25, 0.3) is 6.08 Å². The Balaban J connectivity index is 1.86. The third-order valence-corrected chi connectivity index (χ3v) is 5.42. The van der Waals surface area contributed by atoms with Crippen molar-refractivity contribution in [1.82, 2.24) is 0 Å². The second kappa shape index (κ2) is 6.90. The molecule has 0 radical (unpaired) electrons. The number of phenols is 1. The summed E-state index contributed by atoms with van der Waals surface area (Å²) in [7, 11) is 0. The molecule has 2 aromatic carbocycles. The van der Waals surface area contributed by atoms with Gasteiger partial charge in [-0.25, -0.2) is 4.99 Å². The average Bonchev–Trinajstić information content (AvgIpc) is 3.26. The van der Waals surface area contributed by atoms with Gasteiger partial charge in [-0.3, -0.25) is 9.69 Å². The Labute approximate surface area is 162 Å². The summed E-state index contributed by atoms with van der Waals surface area (Å²) in [6.07, 6.45) is 1.80. The lowest BCUT2D eigenvalue weighted by molar-refractivity contribution is -0.113. The van der Waals surface area contributed by atoms with Crippen LogP contribution < -0.4 is 4.90 Å². The van der Waals surface area contributed by atoms with E-state index in [0.717, 1.165) is 14.9 Å². The van der Waals surface area contributed by atoms with Crippen LogP contribution in [-0.2, 0) is 4.79 Å². The Morgan fingerprint density at radius 1 is 1.04 bits per heavy atom. The number of phenolic OH excluding ortho intramolecular Hbond substituents is 1. The van der Waals surface area contributed by atoms with E-state index in [2.05, 4.69) is 20.9 Å². The van der Waals surface area contributed by atoms with E-state index < -0.39 is 0 Å². The molecule has 0 bridgehead atoms. The zero-order valence-corrected chi connectivity index (χ0v) is 15.9. The maximum atomic E-state index is 13.1. The topological polar surface area (TPSA) is 52.9 Å². The molecular weight excluding hydrogens is 412 g/mol. The van der Waals surface area contributed by atoms with Crippen molar-refractivity contribution < 1.29 is 9.90 Å². The molecule has 1 amide bonds. The number of benzene rings is 2. The number of hydrogen-bond donors (Lipinski definition) is 1. The number of carbonyl (C=O) groups is 1. The van der Waals surface area contributed by atoms with Gasteiger partial charge in [0.2, 0.25) is 0 Å². The monoisotopic (exact) mass is 424 g/mol. The van der Waals surface area contributed by atoms with E-state index in [0.29, 0.717) is 17.2 Å². The molecule has 4 rings (SSSR count). The van der Waals surface area contributed by atoms with Crippen molar-refractivity contribution in [2.24, 2.45) is 4.99 Å². The summed E-state index contributed by atoms with van der Waals surface area (Å²) in [6, 6.07) is 18.1. The van der Waals surface area contributed by atoms with Gasteiger partial charge in [-0.1, -0.05) is 40.2 Å². The molecule has 4 nitrogen and oxygen atoms in total. The number of rotatable bonds is 3. The van der Waals surface area contributed by atoms with E-state index in [1.807, 2.05) is 41.8 Å². The highest BCUT2D eigenvalue weighted by Gasteiger charge is 2.33. The van der Waals surface area contributed by atoms with Gasteiger partial charge in [0.1, 0.15) is 17.3 Å². The van der Waals surface area contributed by atoms with E-state index in [1.165, 1.54) is 0 Å². The van der Waals surface area contributed by atoms with E-state index in [9.17, 15) is 9.90 Å². The number of thiophene rings is 1. The van der Waals surface area contributed by atoms with Crippen molar-refractivity contribution in [1.29, 1.82) is 0 Å². The van der Waals surface area contributed by atoms with Crippen molar-refractivity contribution in [2.45, 2.75) is 0 Å². The molecule has 0 saturated carbocycles. The van der Waals surface area contributed by atoms with Crippen LogP contribution in [0.1, 0.15) is 10.4 Å². The van der Waals surface area contributed by atoms with Crippen LogP contribution in [0.4, 0.5) is 5.69 Å². The summed E-state index contributed by atoms with van der Waals surface area (Å²) in [5.74, 6) is 0.500. The molecule has 1 aliphatic rings. The number of hydrogen-bond acceptors (Lipinski definition) is 4. The van der Waals surface area contributed by atoms with Crippen LogP contribution in [0, 0.1) is 0 Å². The number of nitrogens with zero attached hydrogens (tertiary/aromatic N) is 2. The van der Waals surface area contributed by atoms with E-state index in [1.54, 1.807) is 46.6 Å². The predicted octanol–water partition coefficient (Wildman–Crippen LogP) is 5.05.